The molecular weight excluding hydrogens is 250 g/mol. The molecule has 1 aliphatic rings. The van der Waals surface area contributed by atoms with Crippen molar-refractivity contribution in [1.82, 2.24) is 16.2 Å². The van der Waals surface area contributed by atoms with Crippen LogP contribution in [0.25, 0.3) is 0 Å². The number of hydrazine groups is 1. The lowest BCUT2D eigenvalue weighted by Gasteiger charge is -2.13. The molecule has 1 aromatic carbocycles. The Kier molecular flexibility index (Phi) is 6.30. The van der Waals surface area contributed by atoms with E-state index in [9.17, 15) is 0 Å². The maximum atomic E-state index is 5.51. The van der Waals surface area contributed by atoms with Crippen molar-refractivity contribution in [3.8, 4) is 5.75 Å². The molecule has 1 heterocycles. The first-order valence-electron chi connectivity index (χ1n) is 7.70. The van der Waals surface area contributed by atoms with E-state index in [2.05, 4.69) is 41.3 Å². The second kappa shape index (κ2) is 8.25. The first-order valence-corrected chi connectivity index (χ1v) is 7.70. The van der Waals surface area contributed by atoms with Gasteiger partial charge in [0.15, 0.2) is 0 Å². The molecule has 0 saturated carbocycles. The summed E-state index contributed by atoms with van der Waals surface area (Å²) in [5.74, 6) is 1.72. The Morgan fingerprint density at radius 1 is 1.40 bits per heavy atom. The van der Waals surface area contributed by atoms with E-state index in [0.29, 0.717) is 6.04 Å². The van der Waals surface area contributed by atoms with Crippen LogP contribution in [0.4, 0.5) is 0 Å². The van der Waals surface area contributed by atoms with Gasteiger partial charge in [-0.15, -0.1) is 0 Å². The average molecular weight is 277 g/mol. The summed E-state index contributed by atoms with van der Waals surface area (Å²) < 4.78 is 5.51. The molecule has 0 bridgehead atoms. The maximum absolute atomic E-state index is 5.51. The molecule has 4 nitrogen and oxygen atoms in total. The van der Waals surface area contributed by atoms with E-state index >= 15 is 0 Å². The predicted octanol–water partition coefficient (Wildman–Crippen LogP) is 2.07. The second-order valence-corrected chi connectivity index (χ2v) is 5.47. The second-order valence-electron chi connectivity index (χ2n) is 5.47. The zero-order valence-corrected chi connectivity index (χ0v) is 12.6. The molecule has 2 rings (SSSR count). The third-order valence-corrected chi connectivity index (χ3v) is 3.87. The predicted molar refractivity (Wildman–Crippen MR) is 82.6 cm³/mol. The minimum atomic E-state index is 0.595. The largest absolute Gasteiger partial charge is 0.494 e. The van der Waals surface area contributed by atoms with E-state index in [1.165, 1.54) is 18.4 Å². The van der Waals surface area contributed by atoms with Crippen LogP contribution in [-0.2, 0) is 6.54 Å². The van der Waals surface area contributed by atoms with Gasteiger partial charge in [0.05, 0.1) is 6.61 Å². The van der Waals surface area contributed by atoms with Crippen LogP contribution < -0.4 is 20.9 Å². The van der Waals surface area contributed by atoms with Crippen LogP contribution in [0.5, 0.6) is 5.75 Å². The summed E-state index contributed by atoms with van der Waals surface area (Å²) in [4.78, 5) is 0. The molecule has 0 radical (unpaired) electrons. The van der Waals surface area contributed by atoms with Crippen LogP contribution in [0.3, 0.4) is 0 Å². The average Bonchev–Trinajstić information content (AvgIpc) is 2.85. The summed E-state index contributed by atoms with van der Waals surface area (Å²) in [7, 11) is 0. The molecule has 1 aliphatic heterocycles. The zero-order valence-electron chi connectivity index (χ0n) is 12.6. The number of hydrogen-bond acceptors (Lipinski definition) is 4. The summed E-state index contributed by atoms with van der Waals surface area (Å²) in [6.45, 7) is 8.06. The fraction of sp³-hybridized carbons (Fsp3) is 0.625. The maximum Gasteiger partial charge on any atom is 0.119 e. The van der Waals surface area contributed by atoms with Crippen molar-refractivity contribution < 1.29 is 4.74 Å². The quantitative estimate of drug-likeness (QED) is 0.637. The fourth-order valence-electron chi connectivity index (χ4n) is 2.63. The van der Waals surface area contributed by atoms with Gasteiger partial charge >= 0.3 is 0 Å². The highest BCUT2D eigenvalue weighted by Gasteiger charge is 2.21. The highest BCUT2D eigenvalue weighted by molar-refractivity contribution is 5.28. The third kappa shape index (κ3) is 4.78. The Morgan fingerprint density at radius 3 is 3.05 bits per heavy atom. The van der Waals surface area contributed by atoms with Gasteiger partial charge in [-0.05, 0) is 56.8 Å². The van der Waals surface area contributed by atoms with Crippen molar-refractivity contribution in [3.05, 3.63) is 29.8 Å². The van der Waals surface area contributed by atoms with Crippen LogP contribution in [0.2, 0.25) is 0 Å². The number of ether oxygens (including phenoxy) is 1. The standard InChI is InChI=1S/C16H27N3O/c1-3-20-16-8-4-6-14(10-16)11-17-9-5-7-15-12-18-19-13(15)2/h4,6,8,10,13,15,17-19H,3,5,7,9,11-12H2,1-2H3. The van der Waals surface area contributed by atoms with Crippen LogP contribution in [0.1, 0.15) is 32.3 Å². The first-order chi connectivity index (χ1) is 9.79. The third-order valence-electron chi connectivity index (χ3n) is 3.87. The molecule has 4 heteroatoms. The van der Waals surface area contributed by atoms with Crippen LogP contribution in [-0.4, -0.2) is 25.7 Å². The molecule has 0 aromatic heterocycles. The van der Waals surface area contributed by atoms with E-state index in [1.54, 1.807) is 0 Å². The van der Waals surface area contributed by atoms with Crippen molar-refractivity contribution in [2.24, 2.45) is 5.92 Å². The van der Waals surface area contributed by atoms with Gasteiger partial charge in [-0.3, -0.25) is 10.9 Å². The Balaban J connectivity index is 1.62. The molecule has 2 atom stereocenters. The van der Waals surface area contributed by atoms with E-state index < -0.39 is 0 Å². The van der Waals surface area contributed by atoms with E-state index in [4.69, 9.17) is 4.74 Å². The highest BCUT2D eigenvalue weighted by Crippen LogP contribution is 2.14. The van der Waals surface area contributed by atoms with Gasteiger partial charge in [-0.25, -0.2) is 0 Å². The first kappa shape index (κ1) is 15.3. The molecule has 0 amide bonds. The van der Waals surface area contributed by atoms with Crippen molar-refractivity contribution in [2.75, 3.05) is 19.7 Å². The highest BCUT2D eigenvalue weighted by atomic mass is 16.5. The van der Waals surface area contributed by atoms with Gasteiger partial charge in [0, 0.05) is 19.1 Å². The number of hydrogen-bond donors (Lipinski definition) is 3. The van der Waals surface area contributed by atoms with E-state index in [-0.39, 0.29) is 0 Å². The Hall–Kier alpha value is -1.10. The molecule has 1 saturated heterocycles. The van der Waals surface area contributed by atoms with E-state index in [1.807, 2.05) is 13.0 Å². The van der Waals surface area contributed by atoms with Gasteiger partial charge in [0.2, 0.25) is 0 Å². The summed E-state index contributed by atoms with van der Waals surface area (Å²) in [5, 5.41) is 3.51. The van der Waals surface area contributed by atoms with E-state index in [0.717, 1.165) is 37.9 Å². The molecular formula is C16H27N3O. The lowest BCUT2D eigenvalue weighted by molar-refractivity contribution is 0.340. The number of nitrogens with one attached hydrogen (secondary N) is 3. The van der Waals surface area contributed by atoms with Gasteiger partial charge < -0.3 is 10.1 Å². The number of benzene rings is 1. The normalized spacial score (nSPS) is 22.1. The topological polar surface area (TPSA) is 45.3 Å². The smallest absolute Gasteiger partial charge is 0.119 e. The van der Waals surface area contributed by atoms with Crippen LogP contribution in [0, 0.1) is 5.92 Å². The minimum absolute atomic E-state index is 0.595. The van der Waals surface area contributed by atoms with Gasteiger partial charge in [0.25, 0.3) is 0 Å². The van der Waals surface area contributed by atoms with Crippen LogP contribution in [0.15, 0.2) is 24.3 Å². The van der Waals surface area contributed by atoms with Crippen molar-refractivity contribution >= 4 is 0 Å². The summed E-state index contributed by atoms with van der Waals surface area (Å²) >= 11 is 0. The fourth-order valence-corrected chi connectivity index (χ4v) is 2.63. The molecule has 2 unspecified atom stereocenters. The molecule has 1 fully saturated rings. The van der Waals surface area contributed by atoms with Crippen molar-refractivity contribution in [3.63, 3.8) is 0 Å². The summed E-state index contributed by atoms with van der Waals surface area (Å²) in [6.07, 6.45) is 2.50. The van der Waals surface area contributed by atoms with Crippen LogP contribution >= 0.6 is 0 Å². The monoisotopic (exact) mass is 277 g/mol. The summed E-state index contributed by atoms with van der Waals surface area (Å²) in [5.41, 5.74) is 7.78. The lowest BCUT2D eigenvalue weighted by Crippen LogP contribution is -2.28. The SMILES string of the molecule is CCOc1cccc(CNCCCC2CNNC2C)c1. The van der Waals surface area contributed by atoms with Gasteiger partial charge in [-0.2, -0.15) is 0 Å². The Morgan fingerprint density at radius 2 is 2.30 bits per heavy atom. The molecule has 112 valence electrons. The molecule has 0 spiro atoms. The Labute approximate surface area is 122 Å². The van der Waals surface area contributed by atoms with Crippen molar-refractivity contribution in [2.45, 2.75) is 39.3 Å². The van der Waals surface area contributed by atoms with Gasteiger partial charge in [-0.1, -0.05) is 12.1 Å². The summed E-state index contributed by atoms with van der Waals surface area (Å²) in [6, 6.07) is 8.91. The molecule has 0 aliphatic carbocycles. The minimum Gasteiger partial charge on any atom is -0.494 e. The molecule has 3 N–H and O–H groups in total. The Bertz CT molecular complexity index is 397. The number of rotatable bonds is 8. The lowest BCUT2D eigenvalue weighted by atomic mass is 9.98. The van der Waals surface area contributed by atoms with Crippen molar-refractivity contribution in [1.29, 1.82) is 0 Å². The molecule has 1 aromatic rings. The molecule has 20 heavy (non-hydrogen) atoms. The zero-order chi connectivity index (χ0) is 14.2. The van der Waals surface area contributed by atoms with Gasteiger partial charge in [0.1, 0.15) is 5.75 Å².